The summed E-state index contributed by atoms with van der Waals surface area (Å²) in [5.74, 6) is 0.837. The fourth-order valence-electron chi connectivity index (χ4n) is 2.39. The van der Waals surface area contributed by atoms with Gasteiger partial charge in [0.05, 0.1) is 18.7 Å². The van der Waals surface area contributed by atoms with Crippen LogP contribution in [0.1, 0.15) is 10.8 Å². The molecule has 0 amide bonds. The fourth-order valence-corrected chi connectivity index (χ4v) is 4.24. The zero-order chi connectivity index (χ0) is 16.9. The Labute approximate surface area is 155 Å². The first kappa shape index (κ1) is 17.2. The molecule has 0 aliphatic rings. The van der Waals surface area contributed by atoms with Crippen LogP contribution in [0.25, 0.3) is 0 Å². The highest BCUT2D eigenvalue weighted by Gasteiger charge is 2.18. The van der Waals surface area contributed by atoms with Gasteiger partial charge in [0.25, 0.3) is 0 Å². The van der Waals surface area contributed by atoms with Crippen LogP contribution in [0.3, 0.4) is 0 Å². The Bertz CT molecular complexity index is 809. The summed E-state index contributed by atoms with van der Waals surface area (Å²) < 4.78 is 7.36. The molecule has 1 unspecified atom stereocenters. The quantitative estimate of drug-likeness (QED) is 0.512. The van der Waals surface area contributed by atoms with Gasteiger partial charge in [0.2, 0.25) is 0 Å². The Kier molecular flexibility index (Phi) is 5.72. The van der Waals surface area contributed by atoms with Gasteiger partial charge in [0.1, 0.15) is 5.75 Å². The van der Waals surface area contributed by atoms with E-state index in [4.69, 9.17) is 27.9 Å². The van der Waals surface area contributed by atoms with Crippen LogP contribution < -0.4 is 4.74 Å². The summed E-state index contributed by atoms with van der Waals surface area (Å²) in [6, 6.07) is 13.6. The summed E-state index contributed by atoms with van der Waals surface area (Å²) in [7, 11) is 1.67. The van der Waals surface area contributed by atoms with E-state index in [1.165, 1.54) is 0 Å². The number of rotatable bonds is 6. The average molecular weight is 379 g/mol. The van der Waals surface area contributed by atoms with Gasteiger partial charge < -0.3 is 9.30 Å². The normalized spacial score (nSPS) is 12.1. The second-order valence-electron chi connectivity index (χ2n) is 5.21. The van der Waals surface area contributed by atoms with Crippen molar-refractivity contribution in [1.82, 2.24) is 9.55 Å². The summed E-state index contributed by atoms with van der Waals surface area (Å²) in [5.41, 5.74) is 1.04. The standard InChI is InChI=1S/C18H16Cl2N2OS/c1-23-14-3-2-4-15(10-14)24-18(11-22-8-7-21-12-22)16-6-5-13(19)9-17(16)20/h2-10,12,18H,11H2,1H3. The lowest BCUT2D eigenvalue weighted by Crippen LogP contribution is -2.05. The monoisotopic (exact) mass is 378 g/mol. The lowest BCUT2D eigenvalue weighted by atomic mass is 10.1. The van der Waals surface area contributed by atoms with Gasteiger partial charge in [-0.25, -0.2) is 4.98 Å². The van der Waals surface area contributed by atoms with Crippen LogP contribution in [-0.2, 0) is 6.54 Å². The second-order valence-corrected chi connectivity index (χ2v) is 7.33. The Morgan fingerprint density at radius 1 is 1.21 bits per heavy atom. The van der Waals surface area contributed by atoms with Gasteiger partial charge in [-0.1, -0.05) is 35.3 Å². The molecule has 1 heterocycles. The molecule has 0 N–H and O–H groups in total. The first-order chi connectivity index (χ1) is 11.7. The molecule has 0 fully saturated rings. The van der Waals surface area contributed by atoms with Crippen molar-refractivity contribution in [1.29, 1.82) is 0 Å². The highest BCUT2D eigenvalue weighted by molar-refractivity contribution is 7.99. The predicted octanol–water partition coefficient (Wildman–Crippen LogP) is 5.73. The topological polar surface area (TPSA) is 27.1 Å². The number of aromatic nitrogens is 2. The molecule has 0 aliphatic carbocycles. The van der Waals surface area contributed by atoms with E-state index in [0.717, 1.165) is 22.8 Å². The van der Waals surface area contributed by atoms with E-state index in [1.54, 1.807) is 31.1 Å². The van der Waals surface area contributed by atoms with Crippen LogP contribution in [0.15, 0.2) is 66.1 Å². The van der Waals surface area contributed by atoms with Crippen molar-refractivity contribution >= 4 is 35.0 Å². The summed E-state index contributed by atoms with van der Waals surface area (Å²) in [4.78, 5) is 5.24. The highest BCUT2D eigenvalue weighted by Crippen LogP contribution is 2.41. The first-order valence-electron chi connectivity index (χ1n) is 7.37. The third kappa shape index (κ3) is 4.26. The molecule has 6 heteroatoms. The maximum atomic E-state index is 6.44. The Hall–Kier alpha value is -1.62. The van der Waals surface area contributed by atoms with Crippen molar-refractivity contribution in [2.75, 3.05) is 7.11 Å². The molecule has 2 aromatic carbocycles. The zero-order valence-corrected chi connectivity index (χ0v) is 15.4. The van der Waals surface area contributed by atoms with Crippen LogP contribution in [-0.4, -0.2) is 16.7 Å². The third-order valence-corrected chi connectivity index (χ3v) is 5.34. The molecular formula is C18H16Cl2N2OS. The van der Waals surface area contributed by atoms with Gasteiger partial charge in [0.15, 0.2) is 0 Å². The maximum absolute atomic E-state index is 6.44. The van der Waals surface area contributed by atoms with Crippen LogP contribution in [0.4, 0.5) is 0 Å². The summed E-state index contributed by atoms with van der Waals surface area (Å²) in [6.45, 7) is 0.753. The Balaban J connectivity index is 1.91. The van der Waals surface area contributed by atoms with E-state index in [2.05, 4.69) is 11.1 Å². The predicted molar refractivity (Wildman–Crippen MR) is 100 cm³/mol. The molecule has 3 nitrogen and oxygen atoms in total. The van der Waals surface area contributed by atoms with Crippen molar-refractivity contribution in [3.8, 4) is 5.75 Å². The van der Waals surface area contributed by atoms with Gasteiger partial charge in [0, 0.05) is 33.9 Å². The summed E-state index contributed by atoms with van der Waals surface area (Å²) in [5, 5.41) is 1.43. The number of benzene rings is 2. The minimum atomic E-state index is 0.121. The van der Waals surface area contributed by atoms with E-state index in [0.29, 0.717) is 10.0 Å². The van der Waals surface area contributed by atoms with E-state index in [1.807, 2.05) is 47.4 Å². The van der Waals surface area contributed by atoms with Gasteiger partial charge in [-0.05, 0) is 35.9 Å². The summed E-state index contributed by atoms with van der Waals surface area (Å²) >= 11 is 14.2. The molecular weight excluding hydrogens is 363 g/mol. The molecule has 0 spiro atoms. The van der Waals surface area contributed by atoms with Crippen molar-refractivity contribution in [3.63, 3.8) is 0 Å². The molecule has 0 radical (unpaired) electrons. The van der Waals surface area contributed by atoms with E-state index >= 15 is 0 Å². The second kappa shape index (κ2) is 7.97. The zero-order valence-electron chi connectivity index (χ0n) is 13.0. The minimum absolute atomic E-state index is 0.121. The third-order valence-electron chi connectivity index (χ3n) is 3.56. The summed E-state index contributed by atoms with van der Waals surface area (Å²) in [6.07, 6.45) is 5.53. The number of nitrogens with zero attached hydrogens (tertiary/aromatic N) is 2. The molecule has 0 bridgehead atoms. The lowest BCUT2D eigenvalue weighted by molar-refractivity contribution is 0.413. The molecule has 0 saturated carbocycles. The highest BCUT2D eigenvalue weighted by atomic mass is 35.5. The van der Waals surface area contributed by atoms with E-state index in [-0.39, 0.29) is 5.25 Å². The number of ether oxygens (including phenoxy) is 1. The smallest absolute Gasteiger partial charge is 0.119 e. The van der Waals surface area contributed by atoms with Gasteiger partial charge in [-0.2, -0.15) is 0 Å². The molecule has 0 aliphatic heterocycles. The van der Waals surface area contributed by atoms with Crippen molar-refractivity contribution < 1.29 is 4.74 Å². The Morgan fingerprint density at radius 3 is 2.79 bits per heavy atom. The van der Waals surface area contributed by atoms with Gasteiger partial charge in [-0.3, -0.25) is 0 Å². The first-order valence-corrected chi connectivity index (χ1v) is 9.00. The van der Waals surface area contributed by atoms with Crippen LogP contribution >= 0.6 is 35.0 Å². The van der Waals surface area contributed by atoms with Gasteiger partial charge in [-0.15, -0.1) is 11.8 Å². The number of halogens is 2. The lowest BCUT2D eigenvalue weighted by Gasteiger charge is -2.19. The molecule has 124 valence electrons. The average Bonchev–Trinajstić information content (AvgIpc) is 3.07. The largest absolute Gasteiger partial charge is 0.497 e. The Morgan fingerprint density at radius 2 is 2.08 bits per heavy atom. The van der Waals surface area contributed by atoms with Gasteiger partial charge >= 0.3 is 0 Å². The maximum Gasteiger partial charge on any atom is 0.119 e. The van der Waals surface area contributed by atoms with Crippen molar-refractivity contribution in [2.45, 2.75) is 16.7 Å². The molecule has 1 atom stereocenters. The fraction of sp³-hybridized carbons (Fsp3) is 0.167. The number of imidazole rings is 1. The number of hydrogen-bond acceptors (Lipinski definition) is 3. The minimum Gasteiger partial charge on any atom is -0.497 e. The van der Waals surface area contributed by atoms with Crippen molar-refractivity contribution in [2.24, 2.45) is 0 Å². The molecule has 0 saturated heterocycles. The van der Waals surface area contributed by atoms with Crippen LogP contribution in [0.5, 0.6) is 5.75 Å². The van der Waals surface area contributed by atoms with Crippen LogP contribution in [0, 0.1) is 0 Å². The molecule has 3 rings (SSSR count). The molecule has 3 aromatic rings. The molecule has 1 aromatic heterocycles. The van der Waals surface area contributed by atoms with E-state index in [9.17, 15) is 0 Å². The van der Waals surface area contributed by atoms with Crippen LogP contribution in [0.2, 0.25) is 10.0 Å². The number of hydrogen-bond donors (Lipinski definition) is 0. The van der Waals surface area contributed by atoms with Crippen molar-refractivity contribution in [3.05, 3.63) is 76.8 Å². The van der Waals surface area contributed by atoms with E-state index < -0.39 is 0 Å². The number of methoxy groups -OCH3 is 1. The molecule has 24 heavy (non-hydrogen) atoms. The SMILES string of the molecule is COc1cccc(SC(Cn2ccnc2)c2ccc(Cl)cc2Cl)c1. The number of thioether (sulfide) groups is 1.